The summed E-state index contributed by atoms with van der Waals surface area (Å²) in [6, 6.07) is 15.0. The largest absolute Gasteiger partial charge is 0.462 e. The van der Waals surface area contributed by atoms with Crippen molar-refractivity contribution in [3.8, 4) is 0 Å². The second-order valence-corrected chi connectivity index (χ2v) is 8.61. The first-order valence-electron chi connectivity index (χ1n) is 10.7. The summed E-state index contributed by atoms with van der Waals surface area (Å²) in [6.45, 7) is 2.85. The Hall–Kier alpha value is -4.31. The number of carbonyl (C=O) groups is 5. The fourth-order valence-electron chi connectivity index (χ4n) is 3.67. The quantitative estimate of drug-likeness (QED) is 0.384. The Bertz CT molecular complexity index is 1310. The van der Waals surface area contributed by atoms with Crippen LogP contribution in [0, 0.1) is 6.92 Å². The third-order valence-corrected chi connectivity index (χ3v) is 6.49. The van der Waals surface area contributed by atoms with Crippen LogP contribution in [0.25, 0.3) is 0 Å². The Kier molecular flexibility index (Phi) is 6.74. The van der Waals surface area contributed by atoms with Crippen molar-refractivity contribution in [2.75, 3.05) is 23.8 Å². The lowest BCUT2D eigenvalue weighted by Crippen LogP contribution is -2.37. The van der Waals surface area contributed by atoms with Gasteiger partial charge in [-0.25, -0.2) is 4.79 Å². The van der Waals surface area contributed by atoms with Crippen LogP contribution in [0.15, 0.2) is 54.6 Å². The van der Waals surface area contributed by atoms with E-state index in [-0.39, 0.29) is 33.2 Å². The summed E-state index contributed by atoms with van der Waals surface area (Å²) >= 11 is 0.893. The Morgan fingerprint density at radius 1 is 0.914 bits per heavy atom. The molecule has 0 unspecified atom stereocenters. The first-order valence-corrected chi connectivity index (χ1v) is 11.6. The van der Waals surface area contributed by atoms with Gasteiger partial charge in [-0.1, -0.05) is 30.3 Å². The molecule has 0 fully saturated rings. The number of rotatable bonds is 7. The first-order chi connectivity index (χ1) is 16.8. The molecule has 2 heterocycles. The number of fused-ring (bicyclic) bond motifs is 1. The maximum atomic E-state index is 13.1. The van der Waals surface area contributed by atoms with Crippen LogP contribution in [0.1, 0.15) is 53.2 Å². The van der Waals surface area contributed by atoms with Crippen LogP contribution in [0.2, 0.25) is 0 Å². The van der Waals surface area contributed by atoms with Gasteiger partial charge in [0, 0.05) is 5.69 Å². The Balaban J connectivity index is 1.59. The third-order valence-electron chi connectivity index (χ3n) is 5.30. The minimum atomic E-state index is -0.690. The molecular weight excluding hydrogens is 470 g/mol. The molecule has 0 bridgehead atoms. The molecule has 0 atom stereocenters. The van der Waals surface area contributed by atoms with E-state index in [0.29, 0.717) is 11.3 Å². The van der Waals surface area contributed by atoms with Gasteiger partial charge in [-0.15, -0.1) is 11.3 Å². The van der Waals surface area contributed by atoms with Gasteiger partial charge in [-0.05, 0) is 43.7 Å². The molecule has 178 valence electrons. The Morgan fingerprint density at radius 3 is 2.11 bits per heavy atom. The normalized spacial score (nSPS) is 12.3. The van der Waals surface area contributed by atoms with Gasteiger partial charge >= 0.3 is 5.97 Å². The highest BCUT2D eigenvalue weighted by Crippen LogP contribution is 2.34. The number of benzene rings is 2. The van der Waals surface area contributed by atoms with E-state index in [1.54, 1.807) is 56.3 Å². The topological polar surface area (TPSA) is 122 Å². The molecular formula is C25H21N3O6S. The minimum absolute atomic E-state index is 0.0950. The second-order valence-electron chi connectivity index (χ2n) is 7.59. The molecule has 10 heteroatoms. The van der Waals surface area contributed by atoms with Crippen molar-refractivity contribution in [2.24, 2.45) is 0 Å². The maximum Gasteiger partial charge on any atom is 0.348 e. The fraction of sp³-hybridized carbons (Fsp3) is 0.160. The number of carbonyl (C=O) groups excluding carboxylic acids is 5. The van der Waals surface area contributed by atoms with E-state index in [1.165, 1.54) is 12.1 Å². The number of ether oxygens (including phenoxy) is 1. The standard InChI is InChI=1S/C25H21N3O6S/c1-3-34-25(33)20-14(2)19(21(30)26-15-9-5-4-6-10-15)22(35-20)27-18(29)13-28-23(31)16-11-7-8-12-17(16)24(28)32/h4-12H,3,13H2,1-2H3,(H,26,30)(H,27,29). The van der Waals surface area contributed by atoms with Crippen molar-refractivity contribution in [1.82, 2.24) is 4.90 Å². The SMILES string of the molecule is CCOC(=O)c1sc(NC(=O)CN2C(=O)c3ccccc3C2=O)c(C(=O)Nc2ccccc2)c1C. The van der Waals surface area contributed by atoms with Crippen molar-refractivity contribution in [1.29, 1.82) is 0 Å². The molecule has 4 amide bonds. The number of nitrogens with zero attached hydrogens (tertiary/aromatic N) is 1. The van der Waals surface area contributed by atoms with Gasteiger partial charge in [-0.3, -0.25) is 24.1 Å². The lowest BCUT2D eigenvalue weighted by molar-refractivity contribution is -0.116. The zero-order valence-electron chi connectivity index (χ0n) is 18.9. The number of imide groups is 1. The van der Waals surface area contributed by atoms with E-state index in [1.807, 2.05) is 0 Å². The molecule has 0 saturated carbocycles. The van der Waals surface area contributed by atoms with Gasteiger partial charge in [0.15, 0.2) is 0 Å². The summed E-state index contributed by atoms with van der Waals surface area (Å²) in [5, 5.41) is 5.45. The van der Waals surface area contributed by atoms with Crippen LogP contribution >= 0.6 is 11.3 Å². The lowest BCUT2D eigenvalue weighted by Gasteiger charge is -2.14. The Morgan fingerprint density at radius 2 is 1.51 bits per heavy atom. The minimum Gasteiger partial charge on any atom is -0.462 e. The molecule has 9 nitrogen and oxygen atoms in total. The summed E-state index contributed by atoms with van der Waals surface area (Å²) in [7, 11) is 0. The molecule has 2 N–H and O–H groups in total. The zero-order valence-corrected chi connectivity index (χ0v) is 19.7. The molecule has 3 aromatic rings. The highest BCUT2D eigenvalue weighted by molar-refractivity contribution is 7.18. The van der Waals surface area contributed by atoms with Gasteiger partial charge in [0.1, 0.15) is 16.4 Å². The van der Waals surface area contributed by atoms with Crippen molar-refractivity contribution in [3.63, 3.8) is 0 Å². The molecule has 1 aromatic heterocycles. The molecule has 2 aromatic carbocycles. The van der Waals surface area contributed by atoms with Crippen molar-refractivity contribution in [3.05, 3.63) is 81.7 Å². The number of hydrogen-bond acceptors (Lipinski definition) is 7. The van der Waals surface area contributed by atoms with E-state index < -0.39 is 36.1 Å². The van der Waals surface area contributed by atoms with Crippen LogP contribution in [-0.2, 0) is 9.53 Å². The number of hydrogen-bond donors (Lipinski definition) is 2. The molecule has 0 saturated heterocycles. The predicted octanol–water partition coefficient (Wildman–Crippen LogP) is 3.72. The van der Waals surface area contributed by atoms with Gasteiger partial charge in [0.05, 0.1) is 23.3 Å². The molecule has 0 spiro atoms. The summed E-state index contributed by atoms with van der Waals surface area (Å²) in [6.07, 6.45) is 0. The lowest BCUT2D eigenvalue weighted by atomic mass is 10.1. The highest BCUT2D eigenvalue weighted by Gasteiger charge is 2.36. The number of anilines is 2. The van der Waals surface area contributed by atoms with E-state index in [4.69, 9.17) is 4.74 Å². The summed E-state index contributed by atoms with van der Waals surface area (Å²) in [5.41, 5.74) is 1.43. The van der Waals surface area contributed by atoms with Gasteiger partial charge < -0.3 is 15.4 Å². The Labute approximate surface area is 204 Å². The number of amides is 4. The number of thiophene rings is 1. The van der Waals surface area contributed by atoms with E-state index in [0.717, 1.165) is 16.2 Å². The average Bonchev–Trinajstić information content (AvgIpc) is 3.29. The second kappa shape index (κ2) is 9.90. The van der Waals surface area contributed by atoms with Crippen molar-refractivity contribution < 1.29 is 28.7 Å². The van der Waals surface area contributed by atoms with E-state index in [9.17, 15) is 24.0 Å². The maximum absolute atomic E-state index is 13.1. The molecule has 4 rings (SSSR count). The van der Waals surface area contributed by atoms with E-state index in [2.05, 4.69) is 10.6 Å². The fourth-order valence-corrected chi connectivity index (χ4v) is 4.79. The van der Waals surface area contributed by atoms with Crippen LogP contribution in [-0.4, -0.2) is 47.6 Å². The number of esters is 1. The van der Waals surface area contributed by atoms with Crippen molar-refractivity contribution >= 4 is 51.6 Å². The highest BCUT2D eigenvalue weighted by atomic mass is 32.1. The van der Waals surface area contributed by atoms with Gasteiger partial charge in [-0.2, -0.15) is 0 Å². The third kappa shape index (κ3) is 4.69. The number of nitrogens with one attached hydrogen (secondary N) is 2. The van der Waals surface area contributed by atoms with Crippen LogP contribution in [0.5, 0.6) is 0 Å². The summed E-state index contributed by atoms with van der Waals surface area (Å²) in [4.78, 5) is 64.6. The molecule has 0 radical (unpaired) electrons. The van der Waals surface area contributed by atoms with Crippen molar-refractivity contribution in [2.45, 2.75) is 13.8 Å². The average molecular weight is 492 g/mol. The van der Waals surface area contributed by atoms with Crippen LogP contribution < -0.4 is 10.6 Å². The zero-order chi connectivity index (χ0) is 25.1. The van der Waals surface area contributed by atoms with Crippen LogP contribution in [0.4, 0.5) is 10.7 Å². The van der Waals surface area contributed by atoms with Crippen LogP contribution in [0.3, 0.4) is 0 Å². The van der Waals surface area contributed by atoms with Gasteiger partial charge in [0.2, 0.25) is 5.91 Å². The van der Waals surface area contributed by atoms with Gasteiger partial charge in [0.25, 0.3) is 17.7 Å². The summed E-state index contributed by atoms with van der Waals surface area (Å²) < 4.78 is 5.08. The molecule has 35 heavy (non-hydrogen) atoms. The molecule has 0 aliphatic carbocycles. The number of para-hydroxylation sites is 1. The monoisotopic (exact) mass is 491 g/mol. The summed E-state index contributed by atoms with van der Waals surface area (Å²) in [5.74, 6) is -2.99. The predicted molar refractivity (Wildman–Crippen MR) is 130 cm³/mol. The molecule has 1 aliphatic heterocycles. The molecule has 1 aliphatic rings. The smallest absolute Gasteiger partial charge is 0.348 e. The first kappa shape index (κ1) is 23.8. The van der Waals surface area contributed by atoms with E-state index >= 15 is 0 Å².